The standard InChI is InChI=1S/C17H27NO/c1-17(2,3)16(19-4)15(18)14-11-6-5-10-13(14)12-8-7-9-12/h5-6,10-12,15-16H,7-9,18H2,1-4H3. The molecular weight excluding hydrogens is 234 g/mol. The zero-order chi connectivity index (χ0) is 14.0. The Morgan fingerprint density at radius 1 is 1.21 bits per heavy atom. The molecule has 1 saturated carbocycles. The third-order valence-electron chi connectivity index (χ3n) is 4.33. The lowest BCUT2D eigenvalue weighted by Gasteiger charge is -2.37. The lowest BCUT2D eigenvalue weighted by atomic mass is 9.74. The van der Waals surface area contributed by atoms with E-state index in [2.05, 4.69) is 45.0 Å². The van der Waals surface area contributed by atoms with Gasteiger partial charge in [0, 0.05) is 7.11 Å². The van der Waals surface area contributed by atoms with Gasteiger partial charge in [0.25, 0.3) is 0 Å². The molecule has 0 heterocycles. The Bertz CT molecular complexity index is 418. The molecular formula is C17H27NO. The van der Waals surface area contributed by atoms with Crippen LogP contribution in [0, 0.1) is 5.41 Å². The fourth-order valence-corrected chi connectivity index (χ4v) is 3.11. The molecule has 2 atom stereocenters. The van der Waals surface area contributed by atoms with Crippen LogP contribution in [0.4, 0.5) is 0 Å². The minimum Gasteiger partial charge on any atom is -0.379 e. The summed E-state index contributed by atoms with van der Waals surface area (Å²) in [6, 6.07) is 8.58. The molecule has 1 aromatic carbocycles. The minimum absolute atomic E-state index is 0.0359. The van der Waals surface area contributed by atoms with Gasteiger partial charge in [0.15, 0.2) is 0 Å². The molecule has 1 aromatic rings. The molecule has 1 aliphatic carbocycles. The molecule has 2 unspecified atom stereocenters. The van der Waals surface area contributed by atoms with Crippen molar-refractivity contribution in [1.82, 2.24) is 0 Å². The van der Waals surface area contributed by atoms with E-state index in [4.69, 9.17) is 10.5 Å². The van der Waals surface area contributed by atoms with Gasteiger partial charge in [0.2, 0.25) is 0 Å². The molecule has 0 bridgehead atoms. The molecule has 0 radical (unpaired) electrons. The second kappa shape index (κ2) is 5.64. The number of benzene rings is 1. The Morgan fingerprint density at radius 3 is 2.32 bits per heavy atom. The molecule has 0 saturated heterocycles. The predicted octanol–water partition coefficient (Wildman–Crippen LogP) is 4.02. The van der Waals surface area contributed by atoms with Crippen LogP contribution in [-0.2, 0) is 4.74 Å². The SMILES string of the molecule is COC(C(N)c1ccccc1C1CCC1)C(C)(C)C. The Hall–Kier alpha value is -0.860. The van der Waals surface area contributed by atoms with Crippen molar-refractivity contribution in [3.8, 4) is 0 Å². The molecule has 2 nitrogen and oxygen atoms in total. The lowest BCUT2D eigenvalue weighted by Crippen LogP contribution is -2.39. The van der Waals surface area contributed by atoms with Gasteiger partial charge in [0.05, 0.1) is 12.1 Å². The molecule has 1 fully saturated rings. The van der Waals surface area contributed by atoms with Crippen molar-refractivity contribution in [2.75, 3.05) is 7.11 Å². The zero-order valence-electron chi connectivity index (χ0n) is 12.6. The average molecular weight is 261 g/mol. The molecule has 1 aliphatic rings. The van der Waals surface area contributed by atoms with Crippen LogP contribution in [0.5, 0.6) is 0 Å². The maximum absolute atomic E-state index is 6.53. The monoisotopic (exact) mass is 261 g/mol. The van der Waals surface area contributed by atoms with E-state index in [-0.39, 0.29) is 17.6 Å². The van der Waals surface area contributed by atoms with Crippen LogP contribution in [0.2, 0.25) is 0 Å². The van der Waals surface area contributed by atoms with Gasteiger partial charge in [-0.2, -0.15) is 0 Å². The molecule has 19 heavy (non-hydrogen) atoms. The third-order valence-corrected chi connectivity index (χ3v) is 4.33. The summed E-state index contributed by atoms with van der Waals surface area (Å²) in [4.78, 5) is 0. The highest BCUT2D eigenvalue weighted by molar-refractivity contribution is 5.35. The summed E-state index contributed by atoms with van der Waals surface area (Å²) in [5.74, 6) is 0.708. The Morgan fingerprint density at radius 2 is 1.84 bits per heavy atom. The molecule has 0 aromatic heterocycles. The third kappa shape index (κ3) is 3.01. The first kappa shape index (κ1) is 14.5. The van der Waals surface area contributed by atoms with E-state index in [1.54, 1.807) is 7.11 Å². The Kier molecular flexibility index (Phi) is 4.32. The zero-order valence-corrected chi connectivity index (χ0v) is 12.6. The summed E-state index contributed by atoms with van der Waals surface area (Å²) >= 11 is 0. The maximum Gasteiger partial charge on any atom is 0.0812 e. The van der Waals surface area contributed by atoms with E-state index in [0.717, 1.165) is 0 Å². The van der Waals surface area contributed by atoms with Crippen molar-refractivity contribution in [3.05, 3.63) is 35.4 Å². The first-order valence-electron chi connectivity index (χ1n) is 7.32. The largest absolute Gasteiger partial charge is 0.379 e. The van der Waals surface area contributed by atoms with Crippen LogP contribution in [0.15, 0.2) is 24.3 Å². The van der Waals surface area contributed by atoms with Gasteiger partial charge in [-0.1, -0.05) is 51.5 Å². The average Bonchev–Trinajstić information content (AvgIpc) is 2.26. The maximum atomic E-state index is 6.53. The van der Waals surface area contributed by atoms with E-state index in [9.17, 15) is 0 Å². The van der Waals surface area contributed by atoms with Gasteiger partial charge in [-0.05, 0) is 35.3 Å². The van der Waals surface area contributed by atoms with Crippen LogP contribution >= 0.6 is 0 Å². The minimum atomic E-state index is -0.0539. The van der Waals surface area contributed by atoms with Crippen LogP contribution in [0.25, 0.3) is 0 Å². The Balaban J connectivity index is 2.29. The van der Waals surface area contributed by atoms with Crippen molar-refractivity contribution in [2.24, 2.45) is 11.1 Å². The number of hydrogen-bond donors (Lipinski definition) is 1. The summed E-state index contributed by atoms with van der Waals surface area (Å²) in [6.07, 6.45) is 3.99. The molecule has 0 aliphatic heterocycles. The van der Waals surface area contributed by atoms with E-state index >= 15 is 0 Å². The first-order chi connectivity index (χ1) is 8.95. The molecule has 0 amide bonds. The summed E-state index contributed by atoms with van der Waals surface area (Å²) in [6.45, 7) is 6.56. The predicted molar refractivity (Wildman–Crippen MR) is 80.2 cm³/mol. The van der Waals surface area contributed by atoms with Crippen molar-refractivity contribution in [2.45, 2.75) is 58.1 Å². The van der Waals surface area contributed by atoms with Crippen molar-refractivity contribution >= 4 is 0 Å². The summed E-state index contributed by atoms with van der Waals surface area (Å²) in [5.41, 5.74) is 9.28. The normalized spacial score (nSPS) is 19.8. The smallest absolute Gasteiger partial charge is 0.0812 e. The highest BCUT2D eigenvalue weighted by atomic mass is 16.5. The highest BCUT2D eigenvalue weighted by Crippen LogP contribution is 2.41. The number of hydrogen-bond acceptors (Lipinski definition) is 2. The fraction of sp³-hybridized carbons (Fsp3) is 0.647. The number of ether oxygens (including phenoxy) is 1. The van der Waals surface area contributed by atoms with Gasteiger partial charge >= 0.3 is 0 Å². The molecule has 2 rings (SSSR count). The van der Waals surface area contributed by atoms with Crippen molar-refractivity contribution in [1.29, 1.82) is 0 Å². The first-order valence-corrected chi connectivity index (χ1v) is 7.32. The highest BCUT2D eigenvalue weighted by Gasteiger charge is 2.33. The van der Waals surface area contributed by atoms with Crippen molar-refractivity contribution in [3.63, 3.8) is 0 Å². The number of nitrogens with two attached hydrogens (primary N) is 1. The van der Waals surface area contributed by atoms with E-state index in [1.165, 1.54) is 30.4 Å². The molecule has 0 spiro atoms. The van der Waals surface area contributed by atoms with Crippen LogP contribution in [-0.4, -0.2) is 13.2 Å². The van der Waals surface area contributed by atoms with Crippen LogP contribution in [0.1, 0.15) is 63.1 Å². The molecule has 2 heteroatoms. The lowest BCUT2D eigenvalue weighted by molar-refractivity contribution is -0.00275. The summed E-state index contributed by atoms with van der Waals surface area (Å²) < 4.78 is 5.69. The number of methoxy groups -OCH3 is 1. The van der Waals surface area contributed by atoms with Gasteiger partial charge in [-0.15, -0.1) is 0 Å². The van der Waals surface area contributed by atoms with Crippen LogP contribution < -0.4 is 5.73 Å². The fourth-order valence-electron chi connectivity index (χ4n) is 3.11. The van der Waals surface area contributed by atoms with Crippen LogP contribution in [0.3, 0.4) is 0 Å². The second-order valence-corrected chi connectivity index (χ2v) is 6.80. The second-order valence-electron chi connectivity index (χ2n) is 6.80. The van der Waals surface area contributed by atoms with E-state index in [1.807, 2.05) is 0 Å². The number of rotatable bonds is 4. The molecule has 106 valence electrons. The summed E-state index contributed by atoms with van der Waals surface area (Å²) in [5, 5.41) is 0. The van der Waals surface area contributed by atoms with Gasteiger partial charge < -0.3 is 10.5 Å². The quantitative estimate of drug-likeness (QED) is 0.888. The topological polar surface area (TPSA) is 35.2 Å². The van der Waals surface area contributed by atoms with Gasteiger partial charge in [0.1, 0.15) is 0 Å². The van der Waals surface area contributed by atoms with Crippen molar-refractivity contribution < 1.29 is 4.74 Å². The summed E-state index contributed by atoms with van der Waals surface area (Å²) in [7, 11) is 1.77. The Labute approximate surface area is 117 Å². The van der Waals surface area contributed by atoms with E-state index < -0.39 is 0 Å². The van der Waals surface area contributed by atoms with Gasteiger partial charge in [-0.25, -0.2) is 0 Å². The molecule has 2 N–H and O–H groups in total. The van der Waals surface area contributed by atoms with E-state index in [0.29, 0.717) is 5.92 Å². The van der Waals surface area contributed by atoms with Gasteiger partial charge in [-0.3, -0.25) is 0 Å².